The van der Waals surface area contributed by atoms with Crippen molar-refractivity contribution >= 4 is 5.91 Å². The Morgan fingerprint density at radius 2 is 2.12 bits per heavy atom. The molecule has 1 aromatic carbocycles. The predicted molar refractivity (Wildman–Crippen MR) is 79.1 cm³/mol. The number of imidazole rings is 1. The smallest absolute Gasteiger partial charge is 0.391 e. The molecule has 0 saturated carbocycles. The number of amides is 1. The molecule has 128 valence electrons. The van der Waals surface area contributed by atoms with Crippen LogP contribution in [0.2, 0.25) is 0 Å². The number of nitrogens with zero attached hydrogens (tertiary/aromatic N) is 3. The van der Waals surface area contributed by atoms with Crippen LogP contribution in [0.1, 0.15) is 34.1 Å². The summed E-state index contributed by atoms with van der Waals surface area (Å²) in [5, 5.41) is 9.92. The number of hydrogen-bond acceptors (Lipinski definition) is 3. The lowest BCUT2D eigenvalue weighted by Crippen LogP contribution is -2.32. The van der Waals surface area contributed by atoms with Crippen LogP contribution in [0.4, 0.5) is 13.2 Å². The first-order chi connectivity index (χ1) is 11.3. The van der Waals surface area contributed by atoms with Gasteiger partial charge >= 0.3 is 6.18 Å². The largest absolute Gasteiger partial charge is 0.416 e. The maximum atomic E-state index is 12.9. The fraction of sp³-hybridized carbons (Fsp3) is 0.375. The van der Waals surface area contributed by atoms with E-state index >= 15 is 0 Å². The average Bonchev–Trinajstić information content (AvgIpc) is 3.12. The van der Waals surface area contributed by atoms with Gasteiger partial charge in [0.25, 0.3) is 5.91 Å². The van der Waals surface area contributed by atoms with E-state index in [4.69, 9.17) is 0 Å². The molecule has 0 aliphatic carbocycles. The summed E-state index contributed by atoms with van der Waals surface area (Å²) >= 11 is 0. The molecule has 0 unspecified atom stereocenters. The summed E-state index contributed by atoms with van der Waals surface area (Å²) in [6.45, 7) is 0.0658. The molecule has 0 radical (unpaired) electrons. The highest BCUT2D eigenvalue weighted by Gasteiger charge is 2.38. The maximum absolute atomic E-state index is 12.9. The van der Waals surface area contributed by atoms with Gasteiger partial charge in [0.05, 0.1) is 24.0 Å². The molecule has 1 fully saturated rings. The molecule has 0 bridgehead atoms. The van der Waals surface area contributed by atoms with Crippen LogP contribution in [0.5, 0.6) is 0 Å². The Morgan fingerprint density at radius 3 is 2.75 bits per heavy atom. The molecular formula is C16H16F3N3O2. The SMILES string of the molecule is Cn1cnc(C(=O)N2C[C@@H](O)C[C@H]2c2cccc(C(F)(F)F)c2)c1. The Hall–Kier alpha value is -2.35. The van der Waals surface area contributed by atoms with Gasteiger partial charge in [0, 0.05) is 19.8 Å². The highest BCUT2D eigenvalue weighted by molar-refractivity contribution is 5.92. The maximum Gasteiger partial charge on any atom is 0.416 e. The van der Waals surface area contributed by atoms with Crippen molar-refractivity contribution in [1.82, 2.24) is 14.5 Å². The Kier molecular flexibility index (Phi) is 4.08. The average molecular weight is 339 g/mol. The van der Waals surface area contributed by atoms with E-state index in [-0.39, 0.29) is 18.7 Å². The van der Waals surface area contributed by atoms with Crippen molar-refractivity contribution in [3.05, 3.63) is 53.6 Å². The molecule has 1 N–H and O–H groups in total. The number of rotatable bonds is 2. The lowest BCUT2D eigenvalue weighted by atomic mass is 10.0. The molecule has 1 aliphatic heterocycles. The summed E-state index contributed by atoms with van der Waals surface area (Å²) in [5.74, 6) is -0.408. The molecule has 24 heavy (non-hydrogen) atoms. The Morgan fingerprint density at radius 1 is 1.38 bits per heavy atom. The summed E-state index contributed by atoms with van der Waals surface area (Å²) in [5.41, 5.74) is -0.221. The summed E-state index contributed by atoms with van der Waals surface area (Å²) in [4.78, 5) is 17.9. The molecule has 3 rings (SSSR count). The standard InChI is InChI=1S/C16H16F3N3O2/c1-21-8-13(20-9-21)15(24)22-7-12(23)6-14(22)10-3-2-4-11(5-10)16(17,18)19/h2-5,8-9,12,14,23H,6-7H2,1H3/t12-,14-/m0/s1. The number of β-amino-alcohol motifs (C(OH)–C–C–N with tert-alkyl or cyclic N) is 1. The van der Waals surface area contributed by atoms with Gasteiger partial charge < -0.3 is 14.6 Å². The van der Waals surface area contributed by atoms with E-state index in [2.05, 4.69) is 4.98 Å². The van der Waals surface area contributed by atoms with Gasteiger partial charge in [-0.2, -0.15) is 13.2 Å². The van der Waals surface area contributed by atoms with Crippen LogP contribution in [0.15, 0.2) is 36.8 Å². The summed E-state index contributed by atoms with van der Waals surface area (Å²) in [6.07, 6.45) is -2.03. The minimum Gasteiger partial charge on any atom is -0.391 e. The number of carbonyl (C=O) groups is 1. The zero-order valence-electron chi connectivity index (χ0n) is 12.9. The van der Waals surface area contributed by atoms with E-state index in [9.17, 15) is 23.1 Å². The summed E-state index contributed by atoms with van der Waals surface area (Å²) < 4.78 is 40.3. The third-order valence-electron chi connectivity index (χ3n) is 4.06. The van der Waals surface area contributed by atoms with E-state index in [1.54, 1.807) is 11.6 Å². The second kappa shape index (κ2) is 5.94. The molecule has 1 aromatic heterocycles. The number of hydrogen-bond donors (Lipinski definition) is 1. The number of carbonyl (C=O) groups excluding carboxylic acids is 1. The zero-order chi connectivity index (χ0) is 17.5. The van der Waals surface area contributed by atoms with E-state index in [0.717, 1.165) is 12.1 Å². The van der Waals surface area contributed by atoms with Gasteiger partial charge in [-0.05, 0) is 24.1 Å². The minimum absolute atomic E-state index is 0.0658. The molecular weight excluding hydrogens is 323 g/mol. The highest BCUT2D eigenvalue weighted by Crippen LogP contribution is 2.36. The Labute approximate surface area is 136 Å². The van der Waals surface area contributed by atoms with Crippen LogP contribution in [0.25, 0.3) is 0 Å². The molecule has 0 spiro atoms. The molecule has 2 heterocycles. The fourth-order valence-corrected chi connectivity index (χ4v) is 2.95. The lowest BCUT2D eigenvalue weighted by Gasteiger charge is -2.24. The fourth-order valence-electron chi connectivity index (χ4n) is 2.95. The monoisotopic (exact) mass is 339 g/mol. The summed E-state index contributed by atoms with van der Waals surface area (Å²) in [7, 11) is 1.72. The molecule has 2 atom stereocenters. The van der Waals surface area contributed by atoms with Crippen LogP contribution in [-0.2, 0) is 13.2 Å². The van der Waals surface area contributed by atoms with Crippen molar-refractivity contribution < 1.29 is 23.1 Å². The minimum atomic E-state index is -4.46. The number of benzene rings is 1. The van der Waals surface area contributed by atoms with Gasteiger partial charge in [-0.1, -0.05) is 12.1 Å². The predicted octanol–water partition coefficient (Wildman–Crippen LogP) is 2.39. The van der Waals surface area contributed by atoms with Gasteiger partial charge in [0.15, 0.2) is 0 Å². The Balaban J connectivity index is 1.92. The second-order valence-corrected chi connectivity index (χ2v) is 5.91. The van der Waals surface area contributed by atoms with Crippen LogP contribution in [0.3, 0.4) is 0 Å². The van der Waals surface area contributed by atoms with Crippen LogP contribution >= 0.6 is 0 Å². The normalized spacial score (nSPS) is 21.3. The van der Waals surface area contributed by atoms with Crippen molar-refractivity contribution in [3.8, 4) is 0 Å². The molecule has 5 nitrogen and oxygen atoms in total. The van der Waals surface area contributed by atoms with Gasteiger partial charge in [0.1, 0.15) is 5.69 Å². The van der Waals surface area contributed by atoms with Gasteiger partial charge in [-0.3, -0.25) is 4.79 Å². The Bertz CT molecular complexity index is 757. The molecule has 2 aromatic rings. The van der Waals surface area contributed by atoms with Crippen LogP contribution < -0.4 is 0 Å². The number of aromatic nitrogens is 2. The first-order valence-corrected chi connectivity index (χ1v) is 7.40. The highest BCUT2D eigenvalue weighted by atomic mass is 19.4. The van der Waals surface area contributed by atoms with Crippen LogP contribution in [0, 0.1) is 0 Å². The lowest BCUT2D eigenvalue weighted by molar-refractivity contribution is -0.137. The number of halogens is 3. The van der Waals surface area contributed by atoms with Gasteiger partial charge in [-0.15, -0.1) is 0 Å². The van der Waals surface area contributed by atoms with Crippen molar-refractivity contribution in [1.29, 1.82) is 0 Å². The second-order valence-electron chi connectivity index (χ2n) is 5.91. The first-order valence-electron chi connectivity index (χ1n) is 7.40. The van der Waals surface area contributed by atoms with Crippen molar-refractivity contribution in [3.63, 3.8) is 0 Å². The number of aryl methyl sites for hydroxylation is 1. The number of alkyl halides is 3. The van der Waals surface area contributed by atoms with Crippen molar-refractivity contribution in [2.24, 2.45) is 7.05 Å². The third-order valence-corrected chi connectivity index (χ3v) is 4.06. The van der Waals surface area contributed by atoms with E-state index in [0.29, 0.717) is 5.56 Å². The summed E-state index contributed by atoms with van der Waals surface area (Å²) in [6, 6.07) is 4.25. The van der Waals surface area contributed by atoms with Gasteiger partial charge in [-0.25, -0.2) is 4.98 Å². The quantitative estimate of drug-likeness (QED) is 0.914. The van der Waals surface area contributed by atoms with E-state index in [1.165, 1.54) is 29.6 Å². The number of aliphatic hydroxyl groups excluding tert-OH is 1. The molecule has 1 amide bonds. The zero-order valence-corrected chi connectivity index (χ0v) is 12.9. The molecule has 8 heteroatoms. The van der Waals surface area contributed by atoms with E-state index < -0.39 is 29.8 Å². The molecule has 1 saturated heterocycles. The molecule has 1 aliphatic rings. The van der Waals surface area contributed by atoms with Crippen molar-refractivity contribution in [2.45, 2.75) is 24.7 Å². The first kappa shape index (κ1) is 16.5. The third kappa shape index (κ3) is 3.14. The van der Waals surface area contributed by atoms with Gasteiger partial charge in [0.2, 0.25) is 0 Å². The van der Waals surface area contributed by atoms with E-state index in [1.807, 2.05) is 0 Å². The van der Waals surface area contributed by atoms with Crippen molar-refractivity contribution in [2.75, 3.05) is 6.54 Å². The topological polar surface area (TPSA) is 58.4 Å². The van der Waals surface area contributed by atoms with Crippen LogP contribution in [-0.4, -0.2) is 38.1 Å². The number of aliphatic hydroxyl groups is 1. The number of likely N-dealkylation sites (tertiary alicyclic amines) is 1.